The second-order valence-corrected chi connectivity index (χ2v) is 6.81. The molecule has 0 saturated carbocycles. The van der Waals surface area contributed by atoms with Crippen molar-refractivity contribution < 1.29 is 14.1 Å². The van der Waals surface area contributed by atoms with E-state index in [1.165, 1.54) is 0 Å². The summed E-state index contributed by atoms with van der Waals surface area (Å²) in [5.41, 5.74) is 0.864. The first-order chi connectivity index (χ1) is 11.3. The number of hydrogen-bond acceptors (Lipinski definition) is 7. The number of carbonyl (C=O) groups excluding carboxylic acids is 1. The molecule has 122 valence electrons. The molecule has 2 fully saturated rings. The molecule has 2 saturated heterocycles. The topological polar surface area (TPSA) is 89.3 Å². The predicted molar refractivity (Wildman–Crippen MR) is 83.7 cm³/mol. The molecule has 2 N–H and O–H groups in total. The molecule has 2 aliphatic rings. The molecule has 2 aromatic heterocycles. The van der Waals surface area contributed by atoms with Gasteiger partial charge in [-0.3, -0.25) is 10.1 Å². The van der Waals surface area contributed by atoms with Crippen LogP contribution in [0.5, 0.6) is 0 Å². The third-order valence-corrected chi connectivity index (χ3v) is 5.36. The van der Waals surface area contributed by atoms with Gasteiger partial charge in [0.25, 0.3) is 5.89 Å². The van der Waals surface area contributed by atoms with E-state index in [4.69, 9.17) is 9.26 Å². The van der Waals surface area contributed by atoms with Crippen molar-refractivity contribution in [3.63, 3.8) is 0 Å². The quantitative estimate of drug-likeness (QED) is 0.873. The van der Waals surface area contributed by atoms with E-state index in [1.54, 1.807) is 11.3 Å². The average Bonchev–Trinajstić information content (AvgIpc) is 3.29. The van der Waals surface area contributed by atoms with Gasteiger partial charge in [0.15, 0.2) is 5.82 Å². The molecule has 1 amide bonds. The maximum Gasteiger partial charge on any atom is 0.258 e. The van der Waals surface area contributed by atoms with Gasteiger partial charge >= 0.3 is 0 Å². The van der Waals surface area contributed by atoms with Crippen LogP contribution in [0.3, 0.4) is 0 Å². The van der Waals surface area contributed by atoms with E-state index in [1.807, 2.05) is 16.8 Å². The number of ether oxygens (including phenoxy) is 1. The molecule has 4 heterocycles. The second kappa shape index (κ2) is 6.03. The molecule has 4 rings (SSSR count). The number of carbonyl (C=O) groups is 1. The van der Waals surface area contributed by atoms with Crippen LogP contribution in [0.25, 0.3) is 11.5 Å². The Morgan fingerprint density at radius 1 is 1.43 bits per heavy atom. The van der Waals surface area contributed by atoms with Gasteiger partial charge in [-0.25, -0.2) is 0 Å². The first-order valence-electron chi connectivity index (χ1n) is 7.71. The fourth-order valence-electron chi connectivity index (χ4n) is 3.32. The lowest BCUT2D eigenvalue weighted by Crippen LogP contribution is -2.49. The van der Waals surface area contributed by atoms with E-state index in [2.05, 4.69) is 20.8 Å². The molecule has 2 aliphatic heterocycles. The number of amides is 1. The summed E-state index contributed by atoms with van der Waals surface area (Å²) in [7, 11) is 0. The van der Waals surface area contributed by atoms with Gasteiger partial charge in [-0.15, -0.1) is 0 Å². The van der Waals surface area contributed by atoms with E-state index >= 15 is 0 Å². The van der Waals surface area contributed by atoms with Gasteiger partial charge in [0.2, 0.25) is 5.91 Å². The summed E-state index contributed by atoms with van der Waals surface area (Å²) in [6.07, 6.45) is 1.77. The molecule has 0 radical (unpaired) electrons. The Balaban J connectivity index is 1.44. The van der Waals surface area contributed by atoms with E-state index in [-0.39, 0.29) is 17.4 Å². The fraction of sp³-hybridized carbons (Fsp3) is 0.533. The molecule has 23 heavy (non-hydrogen) atoms. The van der Waals surface area contributed by atoms with Gasteiger partial charge < -0.3 is 14.6 Å². The monoisotopic (exact) mass is 334 g/mol. The van der Waals surface area contributed by atoms with Crippen LogP contribution in [-0.2, 0) is 16.1 Å². The van der Waals surface area contributed by atoms with Crippen molar-refractivity contribution >= 4 is 17.2 Å². The number of aromatic nitrogens is 2. The highest BCUT2D eigenvalue weighted by Crippen LogP contribution is 2.37. The molecule has 2 aromatic rings. The van der Waals surface area contributed by atoms with Gasteiger partial charge in [-0.05, 0) is 24.3 Å². The molecule has 7 nitrogen and oxygen atoms in total. The number of nitrogens with one attached hydrogen (secondary N) is 2. The zero-order valence-corrected chi connectivity index (χ0v) is 13.4. The van der Waals surface area contributed by atoms with Crippen molar-refractivity contribution in [3.05, 3.63) is 22.7 Å². The van der Waals surface area contributed by atoms with E-state index in [9.17, 15) is 4.79 Å². The molecule has 0 bridgehead atoms. The Morgan fingerprint density at radius 2 is 2.30 bits per heavy atom. The zero-order valence-electron chi connectivity index (χ0n) is 12.6. The van der Waals surface area contributed by atoms with Crippen LogP contribution in [0.2, 0.25) is 0 Å². The number of rotatable bonds is 4. The minimum absolute atomic E-state index is 0.0495. The van der Waals surface area contributed by atoms with Crippen molar-refractivity contribution in [1.29, 1.82) is 0 Å². The van der Waals surface area contributed by atoms with Crippen LogP contribution in [0.4, 0.5) is 0 Å². The van der Waals surface area contributed by atoms with Gasteiger partial charge in [0.1, 0.15) is 0 Å². The lowest BCUT2D eigenvalue weighted by molar-refractivity contribution is -0.122. The van der Waals surface area contributed by atoms with Crippen LogP contribution in [0.1, 0.15) is 18.7 Å². The molecule has 1 unspecified atom stereocenters. The predicted octanol–water partition coefficient (Wildman–Crippen LogP) is 1.18. The Morgan fingerprint density at radius 3 is 3.09 bits per heavy atom. The smallest absolute Gasteiger partial charge is 0.258 e. The summed E-state index contributed by atoms with van der Waals surface area (Å²) in [5.74, 6) is 1.13. The molecule has 1 atom stereocenters. The van der Waals surface area contributed by atoms with Crippen molar-refractivity contribution in [2.45, 2.75) is 25.4 Å². The van der Waals surface area contributed by atoms with Gasteiger partial charge in [0, 0.05) is 30.6 Å². The first kappa shape index (κ1) is 14.8. The van der Waals surface area contributed by atoms with Crippen molar-refractivity contribution in [1.82, 2.24) is 20.8 Å². The highest BCUT2D eigenvalue weighted by atomic mass is 32.1. The fourth-order valence-corrected chi connectivity index (χ4v) is 3.95. The van der Waals surface area contributed by atoms with Crippen LogP contribution in [-0.4, -0.2) is 41.8 Å². The van der Waals surface area contributed by atoms with Crippen molar-refractivity contribution in [2.24, 2.45) is 5.41 Å². The third kappa shape index (κ3) is 2.77. The zero-order chi connectivity index (χ0) is 15.7. The normalized spacial score (nSPS) is 23.3. The van der Waals surface area contributed by atoms with E-state index in [0.717, 1.165) is 18.4 Å². The largest absolute Gasteiger partial charge is 0.381 e. The minimum atomic E-state index is -0.227. The molecule has 1 spiro atoms. The Kier molecular flexibility index (Phi) is 3.88. The summed E-state index contributed by atoms with van der Waals surface area (Å²) < 4.78 is 10.7. The second-order valence-electron chi connectivity index (χ2n) is 6.03. The molecular formula is C15H18N4O3S. The Labute approximate surface area is 137 Å². The standard InChI is InChI=1S/C15H18N4O3S/c20-13-12(15(9-17-13)2-4-21-5-3-15)16-7-11-18-14(22-19-11)10-1-6-23-8-10/h1,6,8,12,16H,2-5,7,9H2,(H,17,20). The lowest BCUT2D eigenvalue weighted by Gasteiger charge is -2.36. The molecule has 0 aromatic carbocycles. The summed E-state index contributed by atoms with van der Waals surface area (Å²) in [6, 6.07) is 1.71. The van der Waals surface area contributed by atoms with Gasteiger partial charge in [-0.2, -0.15) is 16.3 Å². The third-order valence-electron chi connectivity index (χ3n) is 4.68. The highest BCUT2D eigenvalue weighted by Gasteiger charge is 2.48. The minimum Gasteiger partial charge on any atom is -0.381 e. The van der Waals surface area contributed by atoms with Crippen molar-refractivity contribution in [2.75, 3.05) is 19.8 Å². The average molecular weight is 334 g/mol. The number of nitrogens with zero attached hydrogens (tertiary/aromatic N) is 2. The summed E-state index contributed by atoms with van der Waals surface area (Å²) in [4.78, 5) is 16.6. The maximum absolute atomic E-state index is 12.2. The van der Waals surface area contributed by atoms with E-state index < -0.39 is 0 Å². The SMILES string of the molecule is O=C1NCC2(CCOCC2)C1NCc1noc(-c2ccsc2)n1. The summed E-state index contributed by atoms with van der Waals surface area (Å²) >= 11 is 1.58. The van der Waals surface area contributed by atoms with Gasteiger partial charge in [-0.1, -0.05) is 5.16 Å². The van der Waals surface area contributed by atoms with Crippen LogP contribution in [0.15, 0.2) is 21.3 Å². The lowest BCUT2D eigenvalue weighted by atomic mass is 9.76. The molecule has 8 heteroatoms. The van der Waals surface area contributed by atoms with Crippen LogP contribution >= 0.6 is 11.3 Å². The number of thiophene rings is 1. The maximum atomic E-state index is 12.2. The highest BCUT2D eigenvalue weighted by molar-refractivity contribution is 7.08. The first-order valence-corrected chi connectivity index (χ1v) is 8.65. The van der Waals surface area contributed by atoms with E-state index in [0.29, 0.717) is 38.0 Å². The van der Waals surface area contributed by atoms with Crippen LogP contribution < -0.4 is 10.6 Å². The molecule has 0 aliphatic carbocycles. The van der Waals surface area contributed by atoms with Crippen molar-refractivity contribution in [3.8, 4) is 11.5 Å². The number of hydrogen-bond donors (Lipinski definition) is 2. The molecular weight excluding hydrogens is 316 g/mol. The summed E-state index contributed by atoms with van der Waals surface area (Å²) in [6.45, 7) is 2.53. The Hall–Kier alpha value is -1.77. The Bertz CT molecular complexity index is 679. The van der Waals surface area contributed by atoms with Gasteiger partial charge in [0.05, 0.1) is 18.2 Å². The summed E-state index contributed by atoms with van der Waals surface area (Å²) in [5, 5.41) is 14.2. The van der Waals surface area contributed by atoms with Crippen LogP contribution in [0, 0.1) is 5.41 Å².